The first-order valence-electron chi connectivity index (χ1n) is 13.9. The van der Waals surface area contributed by atoms with Crippen LogP contribution in [0.1, 0.15) is 0 Å². The summed E-state index contributed by atoms with van der Waals surface area (Å²) in [5.74, 6) is 0. The Kier molecular flexibility index (Phi) is 4.80. The van der Waals surface area contributed by atoms with Crippen molar-refractivity contribution in [2.45, 2.75) is 0 Å². The molecule has 2 N–H and O–H groups in total. The molecule has 6 aromatic carbocycles. The molecule has 0 saturated carbocycles. The fourth-order valence-electron chi connectivity index (χ4n) is 6.70. The Bertz CT molecular complexity index is 2460. The Morgan fingerprint density at radius 2 is 1.12 bits per heavy atom. The smallest absolute Gasteiger partial charge is 0.456 e. The minimum absolute atomic E-state index is 0.398. The van der Waals surface area contributed by atoms with Crippen molar-refractivity contribution in [3.8, 4) is 16.8 Å². The van der Waals surface area contributed by atoms with Gasteiger partial charge in [-0.3, -0.25) is 0 Å². The van der Waals surface area contributed by atoms with Gasteiger partial charge in [0.05, 0.1) is 11.0 Å². The summed E-state index contributed by atoms with van der Waals surface area (Å²) in [4.78, 5) is 0. The SMILES string of the molecule is OB(O)c1c(-n2c3ccccc3c3ccccc32)ccc2oc3cccc(-c4ccc5c(c4)oc4ccccc45)c3c12. The van der Waals surface area contributed by atoms with E-state index >= 15 is 0 Å². The predicted molar refractivity (Wildman–Crippen MR) is 171 cm³/mol. The topological polar surface area (TPSA) is 71.7 Å². The Balaban J connectivity index is 1.38. The standard InChI is InChI=1S/C36H22BNO4/c39-37(40)36-29(38-27-12-4-1-8-23(27)24-9-2-5-13-28(24)38)18-19-32-35(36)34-22(11-7-15-31(34)42-32)21-16-17-26-25-10-3-6-14-30(25)41-33(26)20-21/h1-20,39-40H. The summed E-state index contributed by atoms with van der Waals surface area (Å²) < 4.78 is 14.6. The summed E-state index contributed by atoms with van der Waals surface area (Å²) >= 11 is 0. The number of fused-ring (bicyclic) bond motifs is 9. The largest absolute Gasteiger partial charge is 0.491 e. The van der Waals surface area contributed by atoms with Crippen LogP contribution in [0.4, 0.5) is 0 Å². The monoisotopic (exact) mass is 543 g/mol. The maximum absolute atomic E-state index is 11.0. The lowest BCUT2D eigenvalue weighted by atomic mass is 9.75. The van der Waals surface area contributed by atoms with Crippen LogP contribution in [0.2, 0.25) is 0 Å². The normalized spacial score (nSPS) is 12.0. The van der Waals surface area contributed by atoms with Gasteiger partial charge in [0.2, 0.25) is 0 Å². The maximum Gasteiger partial charge on any atom is 0.491 e. The zero-order valence-electron chi connectivity index (χ0n) is 22.3. The number of furan rings is 2. The highest BCUT2D eigenvalue weighted by atomic mass is 16.4. The highest BCUT2D eigenvalue weighted by molar-refractivity contribution is 6.64. The molecule has 0 aliphatic rings. The van der Waals surface area contributed by atoms with E-state index in [4.69, 9.17) is 8.83 Å². The van der Waals surface area contributed by atoms with Crippen molar-refractivity contribution in [3.05, 3.63) is 121 Å². The summed E-state index contributed by atoms with van der Waals surface area (Å²) in [6.45, 7) is 0. The van der Waals surface area contributed by atoms with Gasteiger partial charge in [-0.15, -0.1) is 0 Å². The third kappa shape index (κ3) is 3.16. The van der Waals surface area contributed by atoms with E-state index in [2.05, 4.69) is 53.1 Å². The van der Waals surface area contributed by atoms with E-state index in [0.29, 0.717) is 27.7 Å². The van der Waals surface area contributed by atoms with Crippen LogP contribution in [-0.4, -0.2) is 21.7 Å². The van der Waals surface area contributed by atoms with Crippen LogP contribution in [0, 0.1) is 0 Å². The molecule has 0 radical (unpaired) electrons. The summed E-state index contributed by atoms with van der Waals surface area (Å²) in [6.07, 6.45) is 0. The lowest BCUT2D eigenvalue weighted by Crippen LogP contribution is -2.34. The van der Waals surface area contributed by atoms with Gasteiger partial charge in [0.25, 0.3) is 0 Å². The van der Waals surface area contributed by atoms with E-state index in [9.17, 15) is 10.0 Å². The molecule has 0 aliphatic carbocycles. The molecule has 6 heteroatoms. The Labute approximate surface area is 239 Å². The summed E-state index contributed by atoms with van der Waals surface area (Å²) in [5.41, 5.74) is 7.86. The van der Waals surface area contributed by atoms with Gasteiger partial charge in [0.1, 0.15) is 22.3 Å². The quantitative estimate of drug-likeness (QED) is 0.222. The highest BCUT2D eigenvalue weighted by Crippen LogP contribution is 2.40. The van der Waals surface area contributed by atoms with Gasteiger partial charge in [0.15, 0.2) is 0 Å². The van der Waals surface area contributed by atoms with E-state index in [0.717, 1.165) is 60.3 Å². The van der Waals surface area contributed by atoms with Gasteiger partial charge < -0.3 is 23.4 Å². The third-order valence-electron chi connectivity index (χ3n) is 8.45. The van der Waals surface area contributed by atoms with E-state index in [1.807, 2.05) is 72.8 Å². The van der Waals surface area contributed by atoms with Crippen molar-refractivity contribution < 1.29 is 18.9 Å². The van der Waals surface area contributed by atoms with Crippen molar-refractivity contribution in [2.75, 3.05) is 0 Å². The zero-order valence-corrected chi connectivity index (χ0v) is 22.3. The molecule has 9 rings (SSSR count). The lowest BCUT2D eigenvalue weighted by molar-refractivity contribution is 0.426. The number of rotatable bonds is 3. The Morgan fingerprint density at radius 3 is 1.88 bits per heavy atom. The molecular weight excluding hydrogens is 521 g/mol. The van der Waals surface area contributed by atoms with Gasteiger partial charge in [-0.2, -0.15) is 0 Å². The minimum atomic E-state index is -1.74. The first kappa shape index (κ1) is 23.4. The summed E-state index contributed by atoms with van der Waals surface area (Å²) in [7, 11) is -1.74. The van der Waals surface area contributed by atoms with E-state index in [1.54, 1.807) is 0 Å². The number of nitrogens with zero attached hydrogens (tertiary/aromatic N) is 1. The fourth-order valence-corrected chi connectivity index (χ4v) is 6.70. The van der Waals surface area contributed by atoms with Crippen LogP contribution < -0.4 is 5.46 Å². The van der Waals surface area contributed by atoms with Gasteiger partial charge in [-0.25, -0.2) is 0 Å². The predicted octanol–water partition coefficient (Wildman–Crippen LogP) is 7.93. The van der Waals surface area contributed by atoms with E-state index in [1.165, 1.54) is 0 Å². The maximum atomic E-state index is 11.0. The molecule has 42 heavy (non-hydrogen) atoms. The minimum Gasteiger partial charge on any atom is -0.456 e. The van der Waals surface area contributed by atoms with Crippen LogP contribution in [0.3, 0.4) is 0 Å². The molecule has 0 bridgehead atoms. The summed E-state index contributed by atoms with van der Waals surface area (Å²) in [5, 5.41) is 27.8. The number of hydrogen-bond acceptors (Lipinski definition) is 4. The second kappa shape index (κ2) is 8.60. The average molecular weight is 543 g/mol. The second-order valence-corrected chi connectivity index (χ2v) is 10.7. The number of benzene rings is 6. The first-order valence-corrected chi connectivity index (χ1v) is 13.9. The zero-order chi connectivity index (χ0) is 27.9. The fraction of sp³-hybridized carbons (Fsp3) is 0. The molecule has 5 nitrogen and oxygen atoms in total. The molecule has 9 aromatic rings. The van der Waals surface area contributed by atoms with Gasteiger partial charge >= 0.3 is 7.12 Å². The van der Waals surface area contributed by atoms with Crippen molar-refractivity contribution in [1.29, 1.82) is 0 Å². The molecule has 3 heterocycles. The number of para-hydroxylation sites is 3. The summed E-state index contributed by atoms with van der Waals surface area (Å²) in [6, 6.07) is 40.4. The molecule has 0 aliphatic heterocycles. The highest BCUT2D eigenvalue weighted by Gasteiger charge is 2.27. The van der Waals surface area contributed by atoms with E-state index in [-0.39, 0.29) is 0 Å². The number of hydrogen-bond donors (Lipinski definition) is 2. The average Bonchev–Trinajstić information content (AvgIpc) is 3.69. The van der Waals surface area contributed by atoms with Gasteiger partial charge in [-0.1, -0.05) is 72.8 Å². The molecule has 0 amide bonds. The molecule has 198 valence electrons. The van der Waals surface area contributed by atoms with Crippen LogP contribution in [-0.2, 0) is 0 Å². The van der Waals surface area contributed by atoms with Gasteiger partial charge in [-0.05, 0) is 59.7 Å². The molecule has 0 atom stereocenters. The van der Waals surface area contributed by atoms with Crippen molar-refractivity contribution in [2.24, 2.45) is 0 Å². The molecule has 0 saturated heterocycles. The van der Waals surface area contributed by atoms with Crippen LogP contribution in [0.15, 0.2) is 130 Å². The molecule has 3 aromatic heterocycles. The molecule has 0 unspecified atom stereocenters. The second-order valence-electron chi connectivity index (χ2n) is 10.7. The van der Waals surface area contributed by atoms with Gasteiger partial charge in [0, 0.05) is 43.5 Å². The molecular formula is C36H22BNO4. The molecule has 0 spiro atoms. The first-order chi connectivity index (χ1) is 20.7. The van der Waals surface area contributed by atoms with Crippen molar-refractivity contribution >= 4 is 78.3 Å². The Hall–Kier alpha value is -5.30. The number of aromatic nitrogens is 1. The lowest BCUT2D eigenvalue weighted by Gasteiger charge is -2.15. The van der Waals surface area contributed by atoms with Crippen molar-refractivity contribution in [1.82, 2.24) is 4.57 Å². The van der Waals surface area contributed by atoms with Crippen molar-refractivity contribution in [3.63, 3.8) is 0 Å². The third-order valence-corrected chi connectivity index (χ3v) is 8.45. The Morgan fingerprint density at radius 1 is 0.500 bits per heavy atom. The van der Waals surface area contributed by atoms with Crippen LogP contribution >= 0.6 is 0 Å². The molecule has 0 fully saturated rings. The van der Waals surface area contributed by atoms with Crippen LogP contribution in [0.5, 0.6) is 0 Å². The van der Waals surface area contributed by atoms with Crippen LogP contribution in [0.25, 0.3) is 82.5 Å². The van der Waals surface area contributed by atoms with E-state index < -0.39 is 7.12 Å².